The molecule has 1 nitrogen and oxygen atoms in total. The molecule has 2 unspecified atom stereocenters. The van der Waals surface area contributed by atoms with Crippen LogP contribution >= 0.6 is 10.0 Å². The van der Waals surface area contributed by atoms with Crippen LogP contribution in [0.3, 0.4) is 0 Å². The van der Waals surface area contributed by atoms with Gasteiger partial charge in [0.1, 0.15) is 11.5 Å². The van der Waals surface area contributed by atoms with Gasteiger partial charge in [0.25, 0.3) is 0 Å². The van der Waals surface area contributed by atoms with Gasteiger partial charge in [-0.05, 0) is 105 Å². The van der Waals surface area contributed by atoms with Crippen LogP contribution in [0, 0.1) is 17.1 Å². The summed E-state index contributed by atoms with van der Waals surface area (Å²) in [6.45, 7) is 0. The van der Waals surface area contributed by atoms with Crippen molar-refractivity contribution < 1.29 is 4.74 Å². The molecule has 55 heavy (non-hydrogen) atoms. The average molecular weight is 723 g/mol. The Morgan fingerprint density at radius 1 is 0.600 bits per heavy atom. The van der Waals surface area contributed by atoms with Gasteiger partial charge in [0, 0.05) is 44.1 Å². The normalized spacial score (nSPS) is 18.1. The maximum atomic E-state index is 6.30. The van der Waals surface area contributed by atoms with Gasteiger partial charge in [-0.25, -0.2) is 0 Å². The van der Waals surface area contributed by atoms with Crippen LogP contribution in [-0.2, 0) is 0 Å². The zero-order valence-electron chi connectivity index (χ0n) is 30.3. The summed E-state index contributed by atoms with van der Waals surface area (Å²) in [4.78, 5) is 3.69. The first kappa shape index (κ1) is 33.1. The Labute approximate surface area is 325 Å². The third-order valence-electron chi connectivity index (χ3n) is 11.1. The van der Waals surface area contributed by atoms with Gasteiger partial charge in [0.15, 0.2) is 0 Å². The molecule has 0 spiro atoms. The Balaban J connectivity index is 1.20. The summed E-state index contributed by atoms with van der Waals surface area (Å²) in [5.41, 5.74) is 11.0. The lowest BCUT2D eigenvalue weighted by Crippen LogP contribution is -2.22. The summed E-state index contributed by atoms with van der Waals surface area (Å²) >= 11 is 0. The Hall–Kier alpha value is -6.53. The smallest absolute Gasteiger partial charge is 0.134 e. The zero-order chi connectivity index (χ0) is 36.6. The minimum Gasteiger partial charge on any atom is -0.461 e. The van der Waals surface area contributed by atoms with E-state index in [0.717, 1.165) is 29.1 Å². The predicted molar refractivity (Wildman–Crippen MR) is 229 cm³/mol. The highest BCUT2D eigenvalue weighted by molar-refractivity contribution is 8.37. The Morgan fingerprint density at radius 3 is 1.93 bits per heavy atom. The van der Waals surface area contributed by atoms with Crippen LogP contribution in [0.4, 0.5) is 0 Å². The van der Waals surface area contributed by atoms with Crippen molar-refractivity contribution in [3.63, 3.8) is 0 Å². The molecule has 0 amide bonds. The number of benzene rings is 6. The van der Waals surface area contributed by atoms with E-state index in [4.69, 9.17) is 4.74 Å². The number of rotatable bonds is 5. The van der Waals surface area contributed by atoms with E-state index in [9.17, 15) is 0 Å². The van der Waals surface area contributed by atoms with E-state index in [2.05, 4.69) is 211 Å². The highest BCUT2D eigenvalue weighted by Crippen LogP contribution is 2.67. The number of hydrogen-bond acceptors (Lipinski definition) is 1. The SMILES string of the molecule is C(#CS(c1ccccc1)(c1ccccc1)c1ccccc1)C1=C2C=CC=CC2C(c2ccccc2)c2cc(C3=CC=C4CC(=C3)c3ccccc3O4)ccc21. The molecule has 2 bridgehead atoms. The molecule has 0 N–H and O–H groups in total. The first-order valence-corrected chi connectivity index (χ1v) is 20.6. The third-order valence-corrected chi connectivity index (χ3v) is 14.4. The maximum Gasteiger partial charge on any atom is 0.134 e. The molecular weight excluding hydrogens is 685 g/mol. The summed E-state index contributed by atoms with van der Waals surface area (Å²) in [6, 6.07) is 59.1. The summed E-state index contributed by atoms with van der Waals surface area (Å²) in [5, 5.41) is 4.08. The van der Waals surface area contributed by atoms with Crippen molar-refractivity contribution in [2.75, 3.05) is 0 Å². The van der Waals surface area contributed by atoms with Gasteiger partial charge in [-0.1, -0.05) is 162 Å². The van der Waals surface area contributed by atoms with E-state index in [1.54, 1.807) is 0 Å². The second-order valence-electron chi connectivity index (χ2n) is 14.3. The quantitative estimate of drug-likeness (QED) is 0.161. The summed E-state index contributed by atoms with van der Waals surface area (Å²) < 4.78 is 6.30. The summed E-state index contributed by atoms with van der Waals surface area (Å²) in [7, 11) is -1.97. The van der Waals surface area contributed by atoms with Crippen LogP contribution < -0.4 is 4.74 Å². The van der Waals surface area contributed by atoms with Crippen molar-refractivity contribution in [3.05, 3.63) is 245 Å². The van der Waals surface area contributed by atoms with Crippen LogP contribution in [0.15, 0.2) is 232 Å². The second-order valence-corrected chi connectivity index (χ2v) is 17.1. The second kappa shape index (κ2) is 14.0. The minimum absolute atomic E-state index is 0.132. The fourth-order valence-corrected chi connectivity index (χ4v) is 11.7. The van der Waals surface area contributed by atoms with Crippen molar-refractivity contribution >= 4 is 26.7 Å². The van der Waals surface area contributed by atoms with Crippen LogP contribution in [0.1, 0.15) is 40.2 Å². The molecule has 0 saturated carbocycles. The number of para-hydroxylation sites is 1. The van der Waals surface area contributed by atoms with Gasteiger partial charge in [0.05, 0.1) is 0 Å². The van der Waals surface area contributed by atoms with Crippen molar-refractivity contribution in [2.24, 2.45) is 5.92 Å². The fourth-order valence-electron chi connectivity index (χ4n) is 8.55. The van der Waals surface area contributed by atoms with Gasteiger partial charge in [0.2, 0.25) is 0 Å². The molecule has 6 aromatic rings. The minimum atomic E-state index is -1.97. The largest absolute Gasteiger partial charge is 0.461 e. The van der Waals surface area contributed by atoms with E-state index in [0.29, 0.717) is 0 Å². The van der Waals surface area contributed by atoms with E-state index in [1.807, 2.05) is 6.07 Å². The molecule has 0 fully saturated rings. The van der Waals surface area contributed by atoms with E-state index in [1.165, 1.54) is 53.7 Å². The number of fused-ring (bicyclic) bond motifs is 6. The molecule has 10 rings (SSSR count). The lowest BCUT2D eigenvalue weighted by Gasteiger charge is -2.37. The molecule has 1 aliphatic heterocycles. The van der Waals surface area contributed by atoms with Crippen molar-refractivity contribution in [1.82, 2.24) is 0 Å². The van der Waals surface area contributed by atoms with Crippen molar-refractivity contribution in [2.45, 2.75) is 27.0 Å². The van der Waals surface area contributed by atoms with E-state index in [-0.39, 0.29) is 11.8 Å². The molecule has 3 aliphatic carbocycles. The summed E-state index contributed by atoms with van der Waals surface area (Å²) in [5.74, 6) is 6.13. The molecule has 2 atom stereocenters. The summed E-state index contributed by atoms with van der Waals surface area (Å²) in [6.07, 6.45) is 16.6. The van der Waals surface area contributed by atoms with Gasteiger partial charge in [-0.3, -0.25) is 0 Å². The van der Waals surface area contributed by atoms with Crippen molar-refractivity contribution in [1.29, 1.82) is 0 Å². The Morgan fingerprint density at radius 2 is 1.24 bits per heavy atom. The van der Waals surface area contributed by atoms with Gasteiger partial charge >= 0.3 is 0 Å². The topological polar surface area (TPSA) is 9.23 Å². The van der Waals surface area contributed by atoms with Gasteiger partial charge in [-0.15, -0.1) is 0 Å². The maximum absolute atomic E-state index is 6.30. The molecule has 6 aromatic carbocycles. The molecule has 0 aromatic heterocycles. The van der Waals surface area contributed by atoms with Crippen LogP contribution in [0.2, 0.25) is 0 Å². The number of hydrogen-bond donors (Lipinski definition) is 0. The number of allylic oxidation sites excluding steroid dienone is 11. The molecule has 1 heterocycles. The Kier molecular flexibility index (Phi) is 8.44. The zero-order valence-corrected chi connectivity index (χ0v) is 31.1. The number of ether oxygens (including phenoxy) is 1. The monoisotopic (exact) mass is 722 g/mol. The van der Waals surface area contributed by atoms with E-state index < -0.39 is 10.0 Å². The highest BCUT2D eigenvalue weighted by Gasteiger charge is 2.36. The average Bonchev–Trinajstić information content (AvgIpc) is 3.43. The molecule has 0 radical (unpaired) electrons. The van der Waals surface area contributed by atoms with Crippen LogP contribution in [-0.4, -0.2) is 0 Å². The molecule has 2 heteroatoms. The first-order chi connectivity index (χ1) is 27.3. The van der Waals surface area contributed by atoms with Crippen LogP contribution in [0.25, 0.3) is 16.7 Å². The van der Waals surface area contributed by atoms with Gasteiger partial charge in [-0.2, -0.15) is 0 Å². The molecule has 4 aliphatic rings. The van der Waals surface area contributed by atoms with Crippen molar-refractivity contribution in [3.8, 4) is 16.9 Å². The van der Waals surface area contributed by atoms with Crippen LogP contribution in [0.5, 0.6) is 5.75 Å². The van der Waals surface area contributed by atoms with Gasteiger partial charge < -0.3 is 4.74 Å². The third kappa shape index (κ3) is 5.86. The highest BCUT2D eigenvalue weighted by atomic mass is 32.3. The predicted octanol–water partition coefficient (Wildman–Crippen LogP) is 13.4. The molecular formula is C53H38OS. The van der Waals surface area contributed by atoms with E-state index >= 15 is 0 Å². The standard InChI is InChI=1S/C53H38OS/c1-5-17-38(18-6-1)53-50-27-14-13-26-47(50)49(33-34-55(43-19-7-2-8-20-43,44-21-9-3-10-22-44)45-23-11-4-12-24-45)48-32-30-40(37-51(48)53)39-29-31-42-36-41(35-39)46-25-15-16-28-52(46)54-42/h1-32,35,37,50,53H,36H2. The fraction of sp³-hybridized carbons (Fsp3) is 0.0566. The molecule has 262 valence electrons. The molecule has 0 saturated heterocycles. The lowest BCUT2D eigenvalue weighted by molar-refractivity contribution is 0.407. The lowest BCUT2D eigenvalue weighted by atomic mass is 9.67. The Bertz CT molecular complexity index is 2590. The first-order valence-electron chi connectivity index (χ1n) is 18.9.